The van der Waals surface area contributed by atoms with Crippen molar-refractivity contribution in [3.05, 3.63) is 71.2 Å². The first-order valence-electron chi connectivity index (χ1n) is 13.3. The Morgan fingerprint density at radius 2 is 1.69 bits per heavy atom. The number of amidine groups is 1. The zero-order valence-electron chi connectivity index (χ0n) is 23.0. The number of rotatable bonds is 15. The van der Waals surface area contributed by atoms with Crippen LogP contribution in [0.15, 0.2) is 69.3 Å². The summed E-state index contributed by atoms with van der Waals surface area (Å²) in [6, 6.07) is 11.9. The number of aryl methyl sites for hydroxylation is 1. The summed E-state index contributed by atoms with van der Waals surface area (Å²) < 4.78 is 41.3. The van der Waals surface area contributed by atoms with E-state index in [9.17, 15) is 13.2 Å². The number of carbonyl (C=O) groups is 1. The number of hydrogen-bond acceptors (Lipinski definition) is 6. The highest BCUT2D eigenvalue weighted by Crippen LogP contribution is 2.35. The largest absolute Gasteiger partial charge is 0.493 e. The fraction of sp³-hybridized carbons (Fsp3) is 0.400. The van der Waals surface area contributed by atoms with Crippen molar-refractivity contribution in [2.75, 3.05) is 20.3 Å². The van der Waals surface area contributed by atoms with E-state index in [0.717, 1.165) is 35.7 Å². The average molecular weight is 571 g/mol. The first-order valence-corrected chi connectivity index (χ1v) is 15.6. The third-order valence-electron chi connectivity index (χ3n) is 6.21. The Morgan fingerprint density at radius 1 is 1.00 bits per heavy atom. The Bertz CT molecular complexity index is 1300. The second-order valence-electron chi connectivity index (χ2n) is 9.36. The molecule has 210 valence electrons. The number of sulfonamides is 1. The van der Waals surface area contributed by atoms with Crippen molar-refractivity contribution in [1.82, 2.24) is 4.90 Å². The fourth-order valence-corrected chi connectivity index (χ4v) is 6.21. The van der Waals surface area contributed by atoms with Crippen LogP contribution < -0.4 is 9.47 Å². The van der Waals surface area contributed by atoms with Gasteiger partial charge in [0.25, 0.3) is 15.9 Å². The van der Waals surface area contributed by atoms with Gasteiger partial charge in [-0.2, -0.15) is 8.42 Å². The molecule has 1 aliphatic rings. The molecule has 0 bridgehead atoms. The topological polar surface area (TPSA) is 85.3 Å². The summed E-state index contributed by atoms with van der Waals surface area (Å²) >= 11 is 1.02. The first kappa shape index (κ1) is 30.5. The van der Waals surface area contributed by atoms with Crippen molar-refractivity contribution in [1.29, 1.82) is 0 Å². The van der Waals surface area contributed by atoms with Gasteiger partial charge in [-0.1, -0.05) is 75.3 Å². The molecular formula is C30H38N2O5S2. The van der Waals surface area contributed by atoms with Gasteiger partial charge in [0.1, 0.15) is 0 Å². The molecule has 0 aliphatic carbocycles. The van der Waals surface area contributed by atoms with Gasteiger partial charge in [-0.15, -0.1) is 11.0 Å². The summed E-state index contributed by atoms with van der Waals surface area (Å²) in [7, 11) is -2.40. The van der Waals surface area contributed by atoms with Crippen LogP contribution in [-0.4, -0.2) is 44.7 Å². The maximum Gasteiger partial charge on any atom is 0.284 e. The van der Waals surface area contributed by atoms with Crippen LogP contribution in [-0.2, 0) is 14.8 Å². The van der Waals surface area contributed by atoms with Gasteiger partial charge in [-0.05, 0) is 61.0 Å². The van der Waals surface area contributed by atoms with E-state index in [4.69, 9.17) is 9.47 Å². The minimum atomic E-state index is -3.99. The Kier molecular flexibility index (Phi) is 11.7. The highest BCUT2D eigenvalue weighted by Gasteiger charge is 2.34. The highest BCUT2D eigenvalue weighted by molar-refractivity contribution is 8.19. The predicted molar refractivity (Wildman–Crippen MR) is 160 cm³/mol. The van der Waals surface area contributed by atoms with Crippen LogP contribution in [0.5, 0.6) is 11.5 Å². The third kappa shape index (κ3) is 8.73. The van der Waals surface area contributed by atoms with E-state index < -0.39 is 10.0 Å². The molecule has 2 aromatic rings. The van der Waals surface area contributed by atoms with Gasteiger partial charge >= 0.3 is 0 Å². The predicted octanol–water partition coefficient (Wildman–Crippen LogP) is 6.98. The number of nitrogens with zero attached hydrogens (tertiary/aromatic N) is 2. The van der Waals surface area contributed by atoms with Gasteiger partial charge in [0, 0.05) is 6.54 Å². The number of thioether (sulfide) groups is 1. The Morgan fingerprint density at radius 3 is 2.36 bits per heavy atom. The quantitative estimate of drug-likeness (QED) is 0.130. The van der Waals surface area contributed by atoms with Crippen LogP contribution in [0.3, 0.4) is 0 Å². The molecule has 0 aromatic heterocycles. The molecule has 0 unspecified atom stereocenters. The molecule has 39 heavy (non-hydrogen) atoms. The summed E-state index contributed by atoms with van der Waals surface area (Å²) in [5.74, 6) is 0.886. The third-order valence-corrected chi connectivity index (χ3v) is 8.61. The maximum atomic E-state index is 13.2. The molecule has 3 rings (SSSR count). The van der Waals surface area contributed by atoms with Gasteiger partial charge < -0.3 is 9.47 Å². The lowest BCUT2D eigenvalue weighted by Gasteiger charge is -2.12. The smallest absolute Gasteiger partial charge is 0.284 e. The lowest BCUT2D eigenvalue weighted by Crippen LogP contribution is -2.29. The van der Waals surface area contributed by atoms with E-state index in [1.54, 1.807) is 37.5 Å². The number of carbonyl (C=O) groups excluding carboxylic acids is 1. The van der Waals surface area contributed by atoms with Gasteiger partial charge in [0.2, 0.25) is 0 Å². The molecule has 0 N–H and O–H groups in total. The molecule has 1 heterocycles. The van der Waals surface area contributed by atoms with Crippen molar-refractivity contribution in [3.8, 4) is 11.5 Å². The van der Waals surface area contributed by atoms with E-state index >= 15 is 0 Å². The molecular weight excluding hydrogens is 532 g/mol. The van der Waals surface area contributed by atoms with Crippen LogP contribution >= 0.6 is 11.8 Å². The molecule has 1 fully saturated rings. The molecule has 9 heteroatoms. The molecule has 1 amide bonds. The SMILES string of the molecule is C=CCN1C(=O)/C(=C/c2ccc(OC)c(OCCCCCCCCC)c2)SC1=NS(=O)(=O)c1ccc(C)cc1. The van der Waals surface area contributed by atoms with Crippen LogP contribution in [0, 0.1) is 6.92 Å². The normalized spacial score (nSPS) is 15.8. The van der Waals surface area contributed by atoms with Gasteiger partial charge in [-0.25, -0.2) is 0 Å². The molecule has 1 saturated heterocycles. The number of benzene rings is 2. The molecule has 0 spiro atoms. The van der Waals surface area contributed by atoms with Crippen molar-refractivity contribution >= 4 is 38.9 Å². The summed E-state index contributed by atoms with van der Waals surface area (Å²) in [4.78, 5) is 14.9. The number of unbranched alkanes of at least 4 members (excludes halogenated alkanes) is 6. The molecule has 0 atom stereocenters. The van der Waals surface area contributed by atoms with Gasteiger partial charge in [-0.3, -0.25) is 9.69 Å². The van der Waals surface area contributed by atoms with Gasteiger partial charge in [0.05, 0.1) is 23.5 Å². The lowest BCUT2D eigenvalue weighted by atomic mass is 10.1. The van der Waals surface area contributed by atoms with Crippen molar-refractivity contribution < 1.29 is 22.7 Å². The molecule has 0 saturated carbocycles. The Hall–Kier alpha value is -3.04. The fourth-order valence-electron chi connectivity index (χ4n) is 4.02. The molecule has 0 radical (unpaired) electrons. The van der Waals surface area contributed by atoms with Crippen molar-refractivity contribution in [3.63, 3.8) is 0 Å². The standard InChI is InChI=1S/C30H38N2O5S2/c1-5-7-8-9-10-11-12-20-37-27-21-24(15-18-26(27)36-4)22-28-29(33)32(19-6-2)30(38-28)31-39(34,35)25-16-13-23(3)14-17-25/h6,13-18,21-22H,2,5,7-12,19-20H2,1,3-4H3/b28-22-,31-30?. The van der Waals surface area contributed by atoms with E-state index in [2.05, 4.69) is 17.9 Å². The van der Waals surface area contributed by atoms with Crippen molar-refractivity contribution in [2.24, 2.45) is 4.40 Å². The monoisotopic (exact) mass is 570 g/mol. The summed E-state index contributed by atoms with van der Waals surface area (Å²) in [5.41, 5.74) is 1.68. The summed E-state index contributed by atoms with van der Waals surface area (Å²) in [5, 5.41) is 0.0932. The molecule has 2 aromatic carbocycles. The molecule has 7 nitrogen and oxygen atoms in total. The Balaban J connectivity index is 1.76. The summed E-state index contributed by atoms with van der Waals surface area (Å²) in [6.07, 6.45) is 11.6. The minimum Gasteiger partial charge on any atom is -0.493 e. The van der Waals surface area contributed by atoms with E-state index in [-0.39, 0.29) is 22.5 Å². The van der Waals surface area contributed by atoms with Crippen LogP contribution in [0.1, 0.15) is 63.0 Å². The van der Waals surface area contributed by atoms with Crippen molar-refractivity contribution in [2.45, 2.75) is 63.7 Å². The second kappa shape index (κ2) is 14.9. The zero-order chi connectivity index (χ0) is 28.3. The zero-order valence-corrected chi connectivity index (χ0v) is 24.7. The number of amides is 1. The van der Waals surface area contributed by atoms with E-state index in [1.807, 2.05) is 19.1 Å². The van der Waals surface area contributed by atoms with E-state index in [0.29, 0.717) is 23.0 Å². The number of ether oxygens (including phenoxy) is 2. The summed E-state index contributed by atoms with van der Waals surface area (Å²) in [6.45, 7) is 8.51. The highest BCUT2D eigenvalue weighted by atomic mass is 32.2. The lowest BCUT2D eigenvalue weighted by molar-refractivity contribution is -0.121. The minimum absolute atomic E-state index is 0.0718. The van der Waals surface area contributed by atoms with Crippen LogP contribution in [0.25, 0.3) is 6.08 Å². The number of hydrogen-bond donors (Lipinski definition) is 0. The molecule has 1 aliphatic heterocycles. The average Bonchev–Trinajstić information content (AvgIpc) is 3.19. The van der Waals surface area contributed by atoms with Crippen LogP contribution in [0.2, 0.25) is 0 Å². The number of methoxy groups -OCH3 is 1. The van der Waals surface area contributed by atoms with Crippen LogP contribution in [0.4, 0.5) is 0 Å². The second-order valence-corrected chi connectivity index (χ2v) is 12.0. The maximum absolute atomic E-state index is 13.2. The first-order chi connectivity index (χ1) is 18.8. The van der Waals surface area contributed by atoms with E-state index in [1.165, 1.54) is 49.1 Å². The Labute approximate surface area is 237 Å². The van der Waals surface area contributed by atoms with Gasteiger partial charge in [0.15, 0.2) is 16.7 Å².